The zero-order valence-corrected chi connectivity index (χ0v) is 15.5. The smallest absolute Gasteiger partial charge is 0.246 e. The van der Waals surface area contributed by atoms with Gasteiger partial charge in [0.25, 0.3) is 0 Å². The van der Waals surface area contributed by atoms with Gasteiger partial charge in [-0.1, -0.05) is 0 Å². The Balaban J connectivity index is 0.00000264. The third kappa shape index (κ3) is 4.03. The number of aryl methyl sites for hydroxylation is 2. The minimum atomic E-state index is -3.73. The van der Waals surface area contributed by atoms with Gasteiger partial charge in [0.05, 0.1) is 17.9 Å². The van der Waals surface area contributed by atoms with E-state index in [1.165, 1.54) is 11.7 Å². The number of halogens is 1. The van der Waals surface area contributed by atoms with Gasteiger partial charge in [0.1, 0.15) is 4.90 Å². The van der Waals surface area contributed by atoms with Crippen molar-refractivity contribution in [3.63, 3.8) is 0 Å². The maximum absolute atomic E-state index is 12.7. The highest BCUT2D eigenvalue weighted by Crippen LogP contribution is 2.22. The summed E-state index contributed by atoms with van der Waals surface area (Å²) in [5.74, 6) is -0.174. The van der Waals surface area contributed by atoms with Gasteiger partial charge in [-0.25, -0.2) is 8.42 Å². The molecule has 0 unspecified atom stereocenters. The van der Waals surface area contributed by atoms with Crippen LogP contribution in [-0.2, 0) is 21.9 Å². The molecule has 1 aliphatic heterocycles. The number of likely N-dealkylation sites (N-methyl/N-ethyl adjacent to an activating group) is 1. The molecule has 1 fully saturated rings. The first-order valence-corrected chi connectivity index (χ1v) is 8.64. The molecule has 0 aromatic carbocycles. The quantitative estimate of drug-likeness (QED) is 0.778. The Morgan fingerprint density at radius 3 is 2.35 bits per heavy atom. The predicted octanol–water partition coefficient (Wildman–Crippen LogP) is -0.489. The number of carbonyl (C=O) groups excluding carboxylic acids is 1. The van der Waals surface area contributed by atoms with Gasteiger partial charge in [0, 0.05) is 40.3 Å². The Labute approximate surface area is 143 Å². The van der Waals surface area contributed by atoms with Crippen LogP contribution in [-0.4, -0.2) is 73.1 Å². The standard InChI is InChI=1S/C13H23N5O3S.ClH/c1-10-13(11(2)17(4)15-10)22(20,21)16(3)9-12(19)18-7-5-14-6-8-18;/h14H,5-9H2,1-4H3;1H. The summed E-state index contributed by atoms with van der Waals surface area (Å²) in [6, 6.07) is 0. The Bertz CT molecular complexity index is 667. The molecule has 1 saturated heterocycles. The lowest BCUT2D eigenvalue weighted by Crippen LogP contribution is -2.49. The zero-order chi connectivity index (χ0) is 16.5. The number of aromatic nitrogens is 2. The second kappa shape index (κ2) is 7.61. The fraction of sp³-hybridized carbons (Fsp3) is 0.692. The maximum Gasteiger partial charge on any atom is 0.246 e. The van der Waals surface area contributed by atoms with Gasteiger partial charge in [-0.2, -0.15) is 9.40 Å². The lowest BCUT2D eigenvalue weighted by Gasteiger charge is -2.29. The molecule has 23 heavy (non-hydrogen) atoms. The SMILES string of the molecule is Cc1nn(C)c(C)c1S(=O)(=O)N(C)CC(=O)N1CCNCC1.Cl. The van der Waals surface area contributed by atoms with Crippen LogP contribution in [0.5, 0.6) is 0 Å². The van der Waals surface area contributed by atoms with Crippen LogP contribution >= 0.6 is 12.4 Å². The number of piperazine rings is 1. The predicted molar refractivity (Wildman–Crippen MR) is 89.2 cm³/mol. The van der Waals surface area contributed by atoms with E-state index in [0.29, 0.717) is 24.5 Å². The second-order valence-electron chi connectivity index (χ2n) is 5.52. The minimum absolute atomic E-state index is 0. The summed E-state index contributed by atoms with van der Waals surface area (Å²) >= 11 is 0. The molecule has 1 aromatic rings. The number of sulfonamides is 1. The molecule has 1 aliphatic rings. The van der Waals surface area contributed by atoms with E-state index in [1.807, 2.05) is 0 Å². The van der Waals surface area contributed by atoms with E-state index in [9.17, 15) is 13.2 Å². The van der Waals surface area contributed by atoms with E-state index in [0.717, 1.165) is 17.4 Å². The van der Waals surface area contributed by atoms with Crippen molar-refractivity contribution in [2.75, 3.05) is 39.8 Å². The molecule has 1 N–H and O–H groups in total. The molecule has 0 aliphatic carbocycles. The van der Waals surface area contributed by atoms with E-state index in [-0.39, 0.29) is 29.8 Å². The van der Waals surface area contributed by atoms with Gasteiger partial charge in [0.15, 0.2) is 0 Å². The minimum Gasteiger partial charge on any atom is -0.339 e. The second-order valence-corrected chi connectivity index (χ2v) is 7.50. The third-order valence-electron chi connectivity index (χ3n) is 3.94. The normalized spacial score (nSPS) is 15.6. The number of amides is 1. The number of carbonyl (C=O) groups is 1. The van der Waals surface area contributed by atoms with Crippen molar-refractivity contribution in [3.05, 3.63) is 11.4 Å². The molecular weight excluding hydrogens is 342 g/mol. The van der Waals surface area contributed by atoms with Crippen molar-refractivity contribution >= 4 is 28.3 Å². The first-order chi connectivity index (χ1) is 10.2. The number of hydrogen-bond acceptors (Lipinski definition) is 5. The van der Waals surface area contributed by atoms with Gasteiger partial charge in [-0.15, -0.1) is 12.4 Å². The molecule has 0 atom stereocenters. The molecule has 8 nitrogen and oxygen atoms in total. The molecule has 2 heterocycles. The van der Waals surface area contributed by atoms with Crippen LogP contribution in [0.4, 0.5) is 0 Å². The Kier molecular flexibility index (Phi) is 6.58. The third-order valence-corrected chi connectivity index (χ3v) is 5.99. The van der Waals surface area contributed by atoms with Crippen LogP contribution in [0.2, 0.25) is 0 Å². The van der Waals surface area contributed by atoms with Crippen molar-refractivity contribution < 1.29 is 13.2 Å². The lowest BCUT2D eigenvalue weighted by molar-refractivity contribution is -0.131. The van der Waals surface area contributed by atoms with Gasteiger partial charge < -0.3 is 10.2 Å². The molecule has 1 aromatic heterocycles. The monoisotopic (exact) mass is 365 g/mol. The molecule has 132 valence electrons. The number of nitrogens with zero attached hydrogens (tertiary/aromatic N) is 4. The highest BCUT2D eigenvalue weighted by molar-refractivity contribution is 7.89. The van der Waals surface area contributed by atoms with E-state index in [1.54, 1.807) is 25.8 Å². The highest BCUT2D eigenvalue weighted by atomic mass is 35.5. The average Bonchev–Trinajstić information content (AvgIpc) is 2.73. The van der Waals surface area contributed by atoms with Crippen molar-refractivity contribution in [2.45, 2.75) is 18.7 Å². The van der Waals surface area contributed by atoms with Crippen LogP contribution in [0.25, 0.3) is 0 Å². The van der Waals surface area contributed by atoms with Gasteiger partial charge in [-0.3, -0.25) is 9.48 Å². The maximum atomic E-state index is 12.7. The molecule has 0 saturated carbocycles. The van der Waals surface area contributed by atoms with Gasteiger partial charge in [-0.05, 0) is 13.8 Å². The lowest BCUT2D eigenvalue weighted by atomic mass is 10.3. The van der Waals surface area contributed by atoms with Crippen molar-refractivity contribution in [1.29, 1.82) is 0 Å². The zero-order valence-electron chi connectivity index (χ0n) is 13.9. The fourth-order valence-corrected chi connectivity index (χ4v) is 4.08. The van der Waals surface area contributed by atoms with Crippen LogP contribution in [0.1, 0.15) is 11.4 Å². The summed E-state index contributed by atoms with van der Waals surface area (Å²) in [5.41, 5.74) is 1.01. The Morgan fingerprint density at radius 1 is 1.30 bits per heavy atom. The first kappa shape index (κ1) is 19.9. The average molecular weight is 366 g/mol. The van der Waals surface area contributed by atoms with E-state index in [4.69, 9.17) is 0 Å². The van der Waals surface area contributed by atoms with Crippen LogP contribution < -0.4 is 5.32 Å². The Hall–Kier alpha value is -1.16. The molecule has 0 radical (unpaired) electrons. The van der Waals surface area contributed by atoms with Crippen molar-refractivity contribution in [3.8, 4) is 0 Å². The first-order valence-electron chi connectivity index (χ1n) is 7.20. The number of hydrogen-bond donors (Lipinski definition) is 1. The number of rotatable bonds is 4. The van der Waals surface area contributed by atoms with Gasteiger partial charge >= 0.3 is 0 Å². The molecule has 0 bridgehead atoms. The largest absolute Gasteiger partial charge is 0.339 e. The molecule has 1 amide bonds. The van der Waals surface area contributed by atoms with Crippen LogP contribution in [0.15, 0.2) is 4.90 Å². The summed E-state index contributed by atoms with van der Waals surface area (Å²) in [4.78, 5) is 14.1. The van der Waals surface area contributed by atoms with E-state index >= 15 is 0 Å². The van der Waals surface area contributed by atoms with Gasteiger partial charge in [0.2, 0.25) is 15.9 Å². The molecule has 2 rings (SSSR count). The van der Waals surface area contributed by atoms with E-state index in [2.05, 4.69) is 10.4 Å². The summed E-state index contributed by atoms with van der Waals surface area (Å²) < 4.78 is 28.0. The van der Waals surface area contributed by atoms with E-state index < -0.39 is 10.0 Å². The molecule has 10 heteroatoms. The summed E-state index contributed by atoms with van der Waals surface area (Å²) in [7, 11) is -0.593. The molecule has 0 spiro atoms. The topological polar surface area (TPSA) is 87.5 Å². The van der Waals surface area contributed by atoms with Crippen LogP contribution in [0, 0.1) is 13.8 Å². The fourth-order valence-electron chi connectivity index (χ4n) is 2.57. The van der Waals surface area contributed by atoms with Crippen LogP contribution in [0.3, 0.4) is 0 Å². The summed E-state index contributed by atoms with van der Waals surface area (Å²) in [5, 5.41) is 7.30. The number of nitrogens with one attached hydrogen (secondary N) is 1. The summed E-state index contributed by atoms with van der Waals surface area (Å²) in [6.45, 7) is 5.90. The highest BCUT2D eigenvalue weighted by Gasteiger charge is 2.30. The molecular formula is C13H24ClN5O3S. The van der Waals surface area contributed by atoms with Crippen molar-refractivity contribution in [1.82, 2.24) is 24.3 Å². The van der Waals surface area contributed by atoms with Crippen molar-refractivity contribution in [2.24, 2.45) is 7.05 Å². The Morgan fingerprint density at radius 2 is 1.87 bits per heavy atom. The summed E-state index contributed by atoms with van der Waals surface area (Å²) in [6.07, 6.45) is 0.